The first kappa shape index (κ1) is 68.8. The van der Waals surface area contributed by atoms with Gasteiger partial charge in [-0.25, -0.2) is 4.98 Å². The monoisotopic (exact) mass is 1320 g/mol. The van der Waals surface area contributed by atoms with E-state index < -0.39 is 68.8 Å². The van der Waals surface area contributed by atoms with Crippen molar-refractivity contribution >= 4 is 137 Å². The van der Waals surface area contributed by atoms with Crippen LogP contribution >= 0.6 is 23.5 Å². The van der Waals surface area contributed by atoms with E-state index in [9.17, 15) is 49.3 Å². The molecular weight excluding hydrogens is 1270 g/mol. The van der Waals surface area contributed by atoms with Gasteiger partial charge in [-0.3, -0.25) is 18.1 Å². The number of methoxy groups -OCH3 is 1. The van der Waals surface area contributed by atoms with Crippen LogP contribution in [0.1, 0.15) is 47.1 Å². The van der Waals surface area contributed by atoms with Crippen molar-refractivity contribution in [3.63, 3.8) is 0 Å². The number of benzene rings is 5. The van der Waals surface area contributed by atoms with Gasteiger partial charge in [0.25, 0.3) is 30.4 Å². The highest BCUT2D eigenvalue weighted by molar-refractivity contribution is 7.99. The fourth-order valence-electron chi connectivity index (χ4n) is 7.47. The third-order valence-corrected chi connectivity index (χ3v) is 16.1. The topological polar surface area (TPSA) is 444 Å². The summed E-state index contributed by atoms with van der Waals surface area (Å²) in [5.74, 6) is -0.739. The molecule has 456 valence electrons. The van der Waals surface area contributed by atoms with Gasteiger partial charge in [0, 0.05) is 27.5 Å². The Hall–Kier alpha value is -7.99. The van der Waals surface area contributed by atoms with E-state index >= 15 is 0 Å². The molecule has 0 bridgehead atoms. The van der Waals surface area contributed by atoms with Crippen LogP contribution in [0.25, 0.3) is 16.7 Å². The minimum Gasteiger partial charge on any atom is -0.497 e. The van der Waals surface area contributed by atoms with Crippen molar-refractivity contribution in [3.8, 4) is 23.4 Å². The number of ether oxygens (including phenoxy) is 2. The number of fused-ring (bicyclic) bond motifs is 3. The zero-order valence-corrected chi connectivity index (χ0v) is 51.4. The molecule has 0 unspecified atom stereocenters. The van der Waals surface area contributed by atoms with Crippen molar-refractivity contribution < 1.29 is 78.7 Å². The Balaban J connectivity index is 0.00000159. The summed E-state index contributed by atoms with van der Waals surface area (Å²) in [4.78, 5) is 5.70. The minimum atomic E-state index is -4.32. The van der Waals surface area contributed by atoms with Crippen molar-refractivity contribution in [3.05, 3.63) is 113 Å². The van der Waals surface area contributed by atoms with Crippen molar-refractivity contribution in [1.82, 2.24) is 9.38 Å². The highest BCUT2D eigenvalue weighted by Gasteiger charge is 2.22. The number of nitriles is 1. The Morgan fingerprint density at radius 3 is 1.53 bits per heavy atom. The number of thioether (sulfide) groups is 2. The molecule has 0 atom stereocenters. The average Bonchev–Trinajstić information content (AvgIpc) is 2.76. The predicted molar refractivity (Wildman–Crippen MR) is 316 cm³/mol. The molecule has 7 rings (SSSR count). The van der Waals surface area contributed by atoms with Gasteiger partial charge in [0.1, 0.15) is 28.8 Å². The minimum absolute atomic E-state index is 0.0456. The van der Waals surface area contributed by atoms with E-state index in [-0.39, 0.29) is 77.1 Å². The van der Waals surface area contributed by atoms with Gasteiger partial charge >= 0.3 is 21.2 Å². The molecule has 0 saturated carbocycles. The van der Waals surface area contributed by atoms with Crippen LogP contribution in [0.15, 0.2) is 136 Å². The second-order valence-corrected chi connectivity index (χ2v) is 25.5. The van der Waals surface area contributed by atoms with Crippen LogP contribution in [0, 0.1) is 39.0 Å². The number of nitrogens with zero attached hydrogens (tertiary/aromatic N) is 11. The SMILES string of the molecule is COc1ccc2c(c1)nc1c(C#N)c(C)c(N=Nc3cc(C)c(N=Nc4cc(C)c(N=Nc5cc(C)c(N=Nc6ccccc6)cc5SCCCS(=O)(=O)O)cc4SCCCS(=O)(=O)O)cc3OCCCS(=O)(=O)O)c(O)n12.O=S(=O)=O.O=S(=O)=O. The first-order chi connectivity index (χ1) is 40.5. The zero-order chi connectivity index (χ0) is 63.5. The lowest BCUT2D eigenvalue weighted by Crippen LogP contribution is -2.08. The van der Waals surface area contributed by atoms with Crippen molar-refractivity contribution in [2.75, 3.05) is 42.5 Å². The summed E-state index contributed by atoms with van der Waals surface area (Å²) in [5.41, 5.74) is 6.10. The van der Waals surface area contributed by atoms with E-state index in [0.717, 1.165) is 5.56 Å². The lowest BCUT2D eigenvalue weighted by atomic mass is 10.1. The highest BCUT2D eigenvalue weighted by Crippen LogP contribution is 2.44. The molecule has 0 radical (unpaired) electrons. The summed E-state index contributed by atoms with van der Waals surface area (Å²) in [5, 5.41) is 57.8. The molecule has 0 fully saturated rings. The Labute approximate surface area is 503 Å². The Kier molecular flexibility index (Phi) is 25.1. The van der Waals surface area contributed by atoms with Crippen LogP contribution in [-0.4, -0.2) is 121 Å². The molecule has 7 aromatic rings. The third kappa shape index (κ3) is 21.5. The van der Waals surface area contributed by atoms with E-state index in [1.165, 1.54) is 41.1 Å². The fraction of sp³-hybridized carbons (Fsp3) is 0.280. The standard InChI is InChI=1S/C50H51N11O12S5.2O3S/c1-30-22-41(57-60-48-33(4)36(29-51)49-52-40-25-35(72-5)14-15-44(40)61(49)50(48)62)45(73-16-9-19-76(63,64)65)26-37(30)55-58-42-24-32(3)39(28-47(42)75-18-11-21-78(69,70)71)56-59-43-23-31(2)38(54-53-34-12-7-6-8-13-34)27-46(43)74-17-10-20-77(66,67)68;2*1-4(2)3/h6-8,12-15,22-28,62H,9-11,16-21H2,1-5H3,(H,63,64,65)(H,66,67,68)(H,69,70,71);;. The number of hydrogen-bond donors (Lipinski definition) is 4. The molecule has 36 heteroatoms. The van der Waals surface area contributed by atoms with E-state index in [1.54, 1.807) is 81.4 Å². The molecule has 29 nitrogen and oxygen atoms in total. The molecule has 0 aliphatic carbocycles. The summed E-state index contributed by atoms with van der Waals surface area (Å²) in [6.07, 6.45) is 0.128. The van der Waals surface area contributed by atoms with Crippen molar-refractivity contribution in [2.45, 2.75) is 56.7 Å². The van der Waals surface area contributed by atoms with Gasteiger partial charge in [-0.15, -0.1) is 69.2 Å². The molecule has 5 aromatic carbocycles. The van der Waals surface area contributed by atoms with E-state index in [4.69, 9.17) is 34.7 Å². The maximum absolute atomic E-state index is 11.6. The molecule has 2 heterocycles. The van der Waals surface area contributed by atoms with Gasteiger partial charge in [-0.2, -0.15) is 51.0 Å². The largest absolute Gasteiger partial charge is 0.497 e. The van der Waals surface area contributed by atoms with Crippen LogP contribution < -0.4 is 9.47 Å². The lowest BCUT2D eigenvalue weighted by molar-refractivity contribution is 0.317. The highest BCUT2D eigenvalue weighted by atomic mass is 32.2. The summed E-state index contributed by atoms with van der Waals surface area (Å²) in [7, 11) is -17.5. The number of imidazole rings is 1. The van der Waals surface area contributed by atoms with Gasteiger partial charge in [0.05, 0.1) is 76.1 Å². The second-order valence-electron chi connectivity index (χ2n) is 17.7. The van der Waals surface area contributed by atoms with Crippen molar-refractivity contribution in [1.29, 1.82) is 5.26 Å². The zero-order valence-electron chi connectivity index (χ0n) is 45.7. The van der Waals surface area contributed by atoms with Crippen LogP contribution in [0.5, 0.6) is 17.4 Å². The van der Waals surface area contributed by atoms with Gasteiger partial charge in [0.15, 0.2) is 11.3 Å². The number of pyridine rings is 1. The Morgan fingerprint density at radius 1 is 0.593 bits per heavy atom. The second kappa shape index (κ2) is 31.4. The molecule has 2 aromatic heterocycles. The molecule has 0 spiro atoms. The molecule has 0 aliphatic heterocycles. The normalized spacial score (nSPS) is 11.9. The molecule has 0 saturated heterocycles. The first-order valence-corrected chi connectivity index (χ1v) is 33.3. The van der Waals surface area contributed by atoms with Gasteiger partial charge in [-0.05, 0) is 130 Å². The number of aromatic hydroxyl groups is 1. The first-order valence-electron chi connectivity index (χ1n) is 24.5. The van der Waals surface area contributed by atoms with E-state index in [1.807, 2.05) is 25.1 Å². The summed E-state index contributed by atoms with van der Waals surface area (Å²) in [6, 6.07) is 26.3. The van der Waals surface area contributed by atoms with Gasteiger partial charge in [0.2, 0.25) is 5.88 Å². The smallest absolute Gasteiger partial charge is 0.425 e. The van der Waals surface area contributed by atoms with Crippen LogP contribution in [0.4, 0.5) is 45.5 Å². The Morgan fingerprint density at radius 2 is 1.05 bits per heavy atom. The fourth-order valence-corrected chi connectivity index (χ4v) is 11.2. The van der Waals surface area contributed by atoms with Gasteiger partial charge < -0.3 is 14.6 Å². The van der Waals surface area contributed by atoms with Crippen molar-refractivity contribution in [2.24, 2.45) is 40.9 Å². The third-order valence-electron chi connectivity index (χ3n) is 11.4. The summed E-state index contributed by atoms with van der Waals surface area (Å²) < 4.78 is 161. The quantitative estimate of drug-likeness (QED) is 0.0189. The molecule has 4 N–H and O–H groups in total. The number of rotatable bonds is 24. The summed E-state index contributed by atoms with van der Waals surface area (Å²) in [6.45, 7) is 6.71. The number of aryl methyl sites for hydroxylation is 3. The Bertz CT molecular complexity index is 4390. The molecule has 0 amide bonds. The van der Waals surface area contributed by atoms with Crippen LogP contribution in [0.2, 0.25) is 0 Å². The lowest BCUT2D eigenvalue weighted by Gasteiger charge is -2.12. The maximum atomic E-state index is 11.6. The number of aromatic nitrogens is 2. The predicted octanol–water partition coefficient (Wildman–Crippen LogP) is 11.4. The average molecular weight is 1320 g/mol. The van der Waals surface area contributed by atoms with Gasteiger partial charge in [-0.1, -0.05) is 18.2 Å². The number of hydrogen-bond acceptors (Lipinski definition) is 27. The molecule has 0 aliphatic rings. The van der Waals surface area contributed by atoms with E-state index in [2.05, 4.69) is 52.0 Å². The van der Waals surface area contributed by atoms with E-state index in [0.29, 0.717) is 71.9 Å². The number of azo groups is 4. The van der Waals surface area contributed by atoms with Crippen LogP contribution in [0.3, 0.4) is 0 Å². The molecule has 86 heavy (non-hydrogen) atoms. The molecular formula is C50H51N11O18S7. The maximum Gasteiger partial charge on any atom is 0.425 e. The summed E-state index contributed by atoms with van der Waals surface area (Å²) >= 11 is 2.53. The van der Waals surface area contributed by atoms with Crippen LogP contribution in [-0.2, 0) is 51.6 Å².